The van der Waals surface area contributed by atoms with Gasteiger partial charge in [-0.25, -0.2) is 9.18 Å². The molecule has 0 fully saturated rings. The third-order valence-electron chi connectivity index (χ3n) is 4.66. The van der Waals surface area contributed by atoms with E-state index in [-0.39, 0.29) is 23.6 Å². The van der Waals surface area contributed by atoms with Gasteiger partial charge in [-0.3, -0.25) is 10.1 Å². The summed E-state index contributed by atoms with van der Waals surface area (Å²) in [7, 11) is -4.34. The van der Waals surface area contributed by atoms with Gasteiger partial charge in [-0.2, -0.15) is 8.42 Å². The van der Waals surface area contributed by atoms with E-state index in [1.807, 2.05) is 0 Å². The van der Waals surface area contributed by atoms with Gasteiger partial charge in [0.1, 0.15) is 22.0 Å². The molecule has 0 saturated heterocycles. The Morgan fingerprint density at radius 1 is 1.03 bits per heavy atom. The van der Waals surface area contributed by atoms with E-state index in [0.29, 0.717) is 16.6 Å². The van der Waals surface area contributed by atoms with Crippen molar-refractivity contribution in [2.75, 3.05) is 5.32 Å². The van der Waals surface area contributed by atoms with Crippen molar-refractivity contribution in [1.29, 1.82) is 0 Å². The van der Waals surface area contributed by atoms with Gasteiger partial charge in [0.25, 0.3) is 5.69 Å². The van der Waals surface area contributed by atoms with Gasteiger partial charge in [-0.05, 0) is 35.9 Å². The fourth-order valence-corrected chi connectivity index (χ4v) is 4.10. The van der Waals surface area contributed by atoms with Gasteiger partial charge in [0.05, 0.1) is 10.6 Å². The molecule has 1 N–H and O–H groups in total. The molecule has 0 spiro atoms. The number of rotatable bonds is 7. The maximum atomic E-state index is 13.8. The van der Waals surface area contributed by atoms with E-state index in [1.165, 1.54) is 48.5 Å². The van der Waals surface area contributed by atoms with Crippen LogP contribution in [0, 0.1) is 15.9 Å². The Morgan fingerprint density at radius 2 is 1.76 bits per heavy atom. The molecule has 11 heteroatoms. The fourth-order valence-electron chi connectivity index (χ4n) is 3.09. The van der Waals surface area contributed by atoms with Crippen LogP contribution in [-0.4, -0.2) is 13.3 Å². The second kappa shape index (κ2) is 8.71. The number of non-ortho nitro benzene ring substituents is 1. The summed E-state index contributed by atoms with van der Waals surface area (Å²) in [6.07, 6.45) is 0. The predicted octanol–water partition coefficient (Wildman–Crippen LogP) is 4.22. The zero-order valence-electron chi connectivity index (χ0n) is 16.7. The highest BCUT2D eigenvalue weighted by Crippen LogP contribution is 2.27. The number of hydrogen-bond donors (Lipinski definition) is 1. The first-order chi connectivity index (χ1) is 15.7. The summed E-state index contributed by atoms with van der Waals surface area (Å²) in [5.74, 6) is -0.929. The first-order valence-electron chi connectivity index (χ1n) is 9.47. The van der Waals surface area contributed by atoms with Gasteiger partial charge in [0, 0.05) is 30.1 Å². The van der Waals surface area contributed by atoms with Crippen LogP contribution in [0.15, 0.2) is 86.9 Å². The molecular weight excluding hydrogens is 455 g/mol. The summed E-state index contributed by atoms with van der Waals surface area (Å²) in [6.45, 7) is 0.210. The fraction of sp³-hybridized carbons (Fsp3) is 0.0455. The standard InChI is InChI=1S/C22H15FN2O7S/c23-18-3-1-2-4-21(18)33(29,30)32-16-8-5-14(6-9-16)13-24-19-12-22(26)31-20-10-7-15(25(27)28)11-17(19)20/h1-12,24H,13H2. The van der Waals surface area contributed by atoms with Crippen molar-refractivity contribution in [1.82, 2.24) is 0 Å². The van der Waals surface area contributed by atoms with E-state index in [1.54, 1.807) is 12.1 Å². The highest BCUT2D eigenvalue weighted by atomic mass is 32.2. The predicted molar refractivity (Wildman–Crippen MR) is 117 cm³/mol. The molecule has 0 aliphatic carbocycles. The zero-order valence-corrected chi connectivity index (χ0v) is 17.5. The summed E-state index contributed by atoms with van der Waals surface area (Å²) < 4.78 is 48.4. The summed E-state index contributed by atoms with van der Waals surface area (Å²) in [4.78, 5) is 21.7. The topological polar surface area (TPSA) is 129 Å². The summed E-state index contributed by atoms with van der Waals surface area (Å²) in [5, 5.41) is 14.4. The molecule has 0 aliphatic heterocycles. The lowest BCUT2D eigenvalue weighted by molar-refractivity contribution is -0.384. The number of nitro groups is 1. The zero-order chi connectivity index (χ0) is 23.6. The maximum Gasteiger partial charge on any atom is 0.342 e. The molecule has 9 nitrogen and oxygen atoms in total. The number of fused-ring (bicyclic) bond motifs is 1. The Balaban J connectivity index is 1.52. The van der Waals surface area contributed by atoms with Crippen LogP contribution in [0.4, 0.5) is 15.8 Å². The van der Waals surface area contributed by atoms with E-state index < -0.39 is 31.4 Å². The second-order valence-corrected chi connectivity index (χ2v) is 8.40. The molecule has 4 rings (SSSR count). The Bertz CT molecular complexity index is 1520. The van der Waals surface area contributed by atoms with E-state index >= 15 is 0 Å². The number of anilines is 1. The highest BCUT2D eigenvalue weighted by Gasteiger charge is 2.21. The van der Waals surface area contributed by atoms with Gasteiger partial charge in [-0.15, -0.1) is 0 Å². The molecule has 0 saturated carbocycles. The SMILES string of the molecule is O=c1cc(NCc2ccc(OS(=O)(=O)c3ccccc3F)cc2)c2cc([N+](=O)[O-])ccc2o1. The Kier molecular flexibility index (Phi) is 5.80. The molecule has 4 aromatic rings. The smallest absolute Gasteiger partial charge is 0.342 e. The van der Waals surface area contributed by atoms with Gasteiger partial charge in [-0.1, -0.05) is 24.3 Å². The van der Waals surface area contributed by atoms with Crippen molar-refractivity contribution >= 4 is 32.5 Å². The van der Waals surface area contributed by atoms with Crippen molar-refractivity contribution in [3.8, 4) is 5.75 Å². The average Bonchev–Trinajstić information content (AvgIpc) is 2.78. The Hall–Kier alpha value is -4.25. The third kappa shape index (κ3) is 4.83. The molecule has 1 heterocycles. The van der Waals surface area contributed by atoms with Crippen LogP contribution in [0.1, 0.15) is 5.56 Å². The third-order valence-corrected chi connectivity index (χ3v) is 5.94. The van der Waals surface area contributed by atoms with Gasteiger partial charge in [0.2, 0.25) is 0 Å². The Morgan fingerprint density at radius 3 is 2.45 bits per heavy atom. The van der Waals surface area contributed by atoms with E-state index in [9.17, 15) is 27.7 Å². The summed E-state index contributed by atoms with van der Waals surface area (Å²) in [5.41, 5.74) is 0.445. The molecule has 0 radical (unpaired) electrons. The van der Waals surface area contributed by atoms with E-state index in [0.717, 1.165) is 12.1 Å². The van der Waals surface area contributed by atoms with Crippen molar-refractivity contribution in [2.24, 2.45) is 0 Å². The summed E-state index contributed by atoms with van der Waals surface area (Å²) >= 11 is 0. The van der Waals surface area contributed by atoms with Gasteiger partial charge < -0.3 is 13.9 Å². The molecule has 1 aromatic heterocycles. The number of nitro benzene ring substituents is 1. The largest absolute Gasteiger partial charge is 0.423 e. The van der Waals surface area contributed by atoms with Crippen molar-refractivity contribution < 1.29 is 26.3 Å². The van der Waals surface area contributed by atoms with Crippen LogP contribution < -0.4 is 15.1 Å². The monoisotopic (exact) mass is 470 g/mol. The normalized spacial score (nSPS) is 11.3. The lowest BCUT2D eigenvalue weighted by Gasteiger charge is -2.10. The molecule has 33 heavy (non-hydrogen) atoms. The van der Waals surface area contributed by atoms with Crippen LogP contribution in [0.2, 0.25) is 0 Å². The lowest BCUT2D eigenvalue weighted by Crippen LogP contribution is -2.11. The number of benzene rings is 3. The molecule has 168 valence electrons. The number of hydrogen-bond acceptors (Lipinski definition) is 8. The lowest BCUT2D eigenvalue weighted by atomic mass is 10.1. The highest BCUT2D eigenvalue weighted by molar-refractivity contribution is 7.87. The van der Waals surface area contributed by atoms with Crippen molar-refractivity contribution in [3.05, 3.63) is 105 Å². The maximum absolute atomic E-state index is 13.8. The van der Waals surface area contributed by atoms with Crippen LogP contribution >= 0.6 is 0 Å². The summed E-state index contributed by atoms with van der Waals surface area (Å²) in [6, 6.07) is 15.9. The van der Waals surface area contributed by atoms with Crippen LogP contribution in [0.3, 0.4) is 0 Å². The number of halogens is 1. The molecular formula is C22H15FN2O7S. The second-order valence-electron chi connectivity index (χ2n) is 6.88. The first-order valence-corrected chi connectivity index (χ1v) is 10.9. The first kappa shape index (κ1) is 22.0. The minimum absolute atomic E-state index is 0.0107. The van der Waals surface area contributed by atoms with Gasteiger partial charge in [0.15, 0.2) is 0 Å². The molecule has 0 unspecified atom stereocenters. The molecule has 3 aromatic carbocycles. The number of nitrogens with zero attached hydrogens (tertiary/aromatic N) is 1. The minimum Gasteiger partial charge on any atom is -0.423 e. The van der Waals surface area contributed by atoms with E-state index in [4.69, 9.17) is 8.60 Å². The molecule has 0 aliphatic rings. The average molecular weight is 470 g/mol. The van der Waals surface area contributed by atoms with Crippen molar-refractivity contribution in [3.63, 3.8) is 0 Å². The van der Waals surface area contributed by atoms with Crippen LogP contribution in [0.25, 0.3) is 11.0 Å². The van der Waals surface area contributed by atoms with E-state index in [2.05, 4.69) is 5.32 Å². The van der Waals surface area contributed by atoms with Gasteiger partial charge >= 0.3 is 15.7 Å². The minimum atomic E-state index is -4.34. The molecule has 0 amide bonds. The van der Waals surface area contributed by atoms with Crippen LogP contribution in [-0.2, 0) is 16.7 Å². The molecule has 0 bridgehead atoms. The molecule has 0 atom stereocenters. The quantitative estimate of drug-likeness (QED) is 0.184. The van der Waals surface area contributed by atoms with Crippen LogP contribution in [0.5, 0.6) is 5.75 Å². The number of nitrogens with one attached hydrogen (secondary N) is 1. The Labute approximate surface area is 186 Å². The van der Waals surface area contributed by atoms with Crippen molar-refractivity contribution in [2.45, 2.75) is 11.4 Å².